The van der Waals surface area contributed by atoms with Gasteiger partial charge < -0.3 is 110 Å². The van der Waals surface area contributed by atoms with E-state index in [1.54, 1.807) is 24.3 Å². The number of nitrogens with two attached hydrogens (primary N) is 3. The largest absolute Gasteiger partial charge is 0.494 e. The van der Waals surface area contributed by atoms with Gasteiger partial charge in [-0.2, -0.15) is 0 Å². The zero-order chi connectivity index (χ0) is 104. The Kier molecular flexibility index (Phi) is 62.2. The molecular weight excluding hydrogens is 1820 g/mol. The molecule has 0 unspecified atom stereocenters. The number of unbranched alkanes of at least 4 members (excludes halogenated alkanes) is 17. The molecule has 2 aromatic rings. The number of carboxylic acid groups (broad SMARTS) is 8. The van der Waals surface area contributed by atoms with Gasteiger partial charge in [-0.05, 0) is 191 Å². The molecule has 22 N–H and O–H groups in total. The zero-order valence-electron chi connectivity index (χ0n) is 80.4. The second-order valence-electron chi connectivity index (χ2n) is 35.9. The first-order chi connectivity index (χ1) is 65.9. The number of benzene rings is 2. The van der Waals surface area contributed by atoms with Gasteiger partial charge in [-0.15, -0.1) is 0 Å². The molecule has 0 aliphatic rings. The van der Waals surface area contributed by atoms with Crippen LogP contribution in [-0.4, -0.2) is 245 Å². The molecular formula is C97H155N11O31. The van der Waals surface area contributed by atoms with E-state index in [0.29, 0.717) is 108 Å². The fraction of sp³-hybridized carbons (Fsp3) is 0.660. The molecule has 0 saturated heterocycles. The van der Waals surface area contributed by atoms with Crippen molar-refractivity contribution in [3.8, 4) is 11.5 Å². The third kappa shape index (κ3) is 58.3. The maximum absolute atomic E-state index is 13.9. The summed E-state index contributed by atoms with van der Waals surface area (Å²) in [5, 5.41) is 96.4. The van der Waals surface area contributed by atoms with Crippen LogP contribution in [0.4, 0.5) is 0 Å². The second-order valence-corrected chi connectivity index (χ2v) is 35.9. The lowest BCUT2D eigenvalue weighted by molar-refractivity contribution is -0.145. The average molecular weight is 1970 g/mol. The van der Waals surface area contributed by atoms with E-state index in [9.17, 15) is 131 Å². The number of Topliss-reactive ketones (excluding diaryl/α,β-unsaturated/α-hetero) is 5. The molecule has 8 amide bonds. The molecule has 0 aliphatic carbocycles. The molecule has 2 aromatic carbocycles. The van der Waals surface area contributed by atoms with Crippen molar-refractivity contribution < 1.29 is 155 Å². The summed E-state index contributed by atoms with van der Waals surface area (Å²) in [5.41, 5.74) is 17.5. The molecule has 2 rings (SSSR count). The van der Waals surface area contributed by atoms with E-state index < -0.39 is 211 Å². The monoisotopic (exact) mass is 1970 g/mol. The van der Waals surface area contributed by atoms with Crippen molar-refractivity contribution >= 4 is 124 Å². The van der Waals surface area contributed by atoms with Crippen LogP contribution in [0.5, 0.6) is 11.5 Å². The van der Waals surface area contributed by atoms with Crippen LogP contribution in [0.1, 0.15) is 335 Å². The standard InChI is InChI=1S/C97H149N11O31.3H2/c1-62(109)65(27-19-22-55-102-87(120)72(98)30-16-14-15-29-68(110)39-45-74(92(128)129)106-84(117)53-49-78(96(136)137)108-86(119)52-48-77(95(134)135)105-83(116)33-18-11-7-5-9-13-26-58-139-71-43-36-64(37-44-71)90(124)125)60-79(112)66(61-80(113)97(2,3)100)28-20-23-56-103-88(121)73(99)31-21-24-54-101-81(114)50-38-67(91(126)127)59-69(111)40-46-75(93(130)131)107-85(118)51-47-76(94(132)133)104-82(115)32-17-10-6-4-8-12-25-57-138-70-41-34-63(35-42-70)89(122)123;;;/h34-37,41-44,65-67,72-78H,4-33,38-40,45-61,98-100H2,1-3H3,(H,101,114)(H,102,120)(H,103,121)(H,104,115)(H,105,116)(H,106,117)(H,107,118)(H,108,119)(H,122,123)(H,124,125)(H,126,127)(H,128,129)(H,130,131)(H,132,133)(H,134,135)(H,136,137);3*1H/t65-,66-,67-,72+,73+,74+,75+,76+,77+,78+;;;/m1.../s1. The lowest BCUT2D eigenvalue weighted by atomic mass is 9.82. The topological polar surface area (TPSA) is 713 Å². The second kappa shape index (κ2) is 70.4. The number of ether oxygens (including phenoxy) is 2. The van der Waals surface area contributed by atoms with Crippen LogP contribution in [0, 0.1) is 17.8 Å². The van der Waals surface area contributed by atoms with Crippen LogP contribution in [0.3, 0.4) is 0 Å². The Labute approximate surface area is 814 Å². The summed E-state index contributed by atoms with van der Waals surface area (Å²) in [6.07, 6.45) is 10.8. The molecule has 42 heteroatoms. The van der Waals surface area contributed by atoms with Crippen LogP contribution in [0.2, 0.25) is 0 Å². The molecule has 0 aromatic heterocycles. The van der Waals surface area contributed by atoms with Gasteiger partial charge in [0.25, 0.3) is 0 Å². The summed E-state index contributed by atoms with van der Waals surface area (Å²) in [6, 6.07) is 2.84. The molecule has 0 aliphatic heterocycles. The fourth-order valence-corrected chi connectivity index (χ4v) is 14.9. The van der Waals surface area contributed by atoms with Crippen LogP contribution in [0.15, 0.2) is 48.5 Å². The van der Waals surface area contributed by atoms with Crippen LogP contribution in [0.25, 0.3) is 0 Å². The molecule has 139 heavy (non-hydrogen) atoms. The molecule has 42 nitrogen and oxygen atoms in total. The Balaban J connectivity index is 0. The Morgan fingerprint density at radius 2 is 0.619 bits per heavy atom. The van der Waals surface area contributed by atoms with Crippen molar-refractivity contribution in [3.63, 3.8) is 0 Å². The highest BCUT2D eigenvalue weighted by Crippen LogP contribution is 2.26. The third-order valence-electron chi connectivity index (χ3n) is 23.5. The summed E-state index contributed by atoms with van der Waals surface area (Å²) in [5.74, 6) is -19.2. The summed E-state index contributed by atoms with van der Waals surface area (Å²) in [6.45, 7) is 5.92. The van der Waals surface area contributed by atoms with E-state index in [-0.39, 0.29) is 148 Å². The number of aromatic carboxylic acids is 2. The predicted octanol–water partition coefficient (Wildman–Crippen LogP) is 8.22. The number of rotatable bonds is 85. The zero-order valence-corrected chi connectivity index (χ0v) is 80.4. The van der Waals surface area contributed by atoms with Crippen LogP contribution >= 0.6 is 0 Å². The predicted molar refractivity (Wildman–Crippen MR) is 512 cm³/mol. The van der Waals surface area contributed by atoms with Crippen molar-refractivity contribution in [2.75, 3.05) is 32.8 Å². The van der Waals surface area contributed by atoms with Crippen molar-refractivity contribution in [2.24, 2.45) is 35.0 Å². The fourth-order valence-electron chi connectivity index (χ4n) is 14.9. The quantitative estimate of drug-likeness (QED) is 0.0277. The summed E-state index contributed by atoms with van der Waals surface area (Å²) < 4.78 is 11.3. The van der Waals surface area contributed by atoms with Gasteiger partial charge in [-0.25, -0.2) is 33.6 Å². The first kappa shape index (κ1) is 123. The molecule has 0 fully saturated rings. The first-order valence-electron chi connectivity index (χ1n) is 48.3. The van der Waals surface area contributed by atoms with Gasteiger partial charge in [0, 0.05) is 113 Å². The van der Waals surface area contributed by atoms with E-state index in [2.05, 4.69) is 42.5 Å². The molecule has 0 saturated carbocycles. The maximum Gasteiger partial charge on any atom is 0.335 e. The lowest BCUT2D eigenvalue weighted by Crippen LogP contribution is -2.45. The Bertz CT molecular complexity index is 4290. The van der Waals surface area contributed by atoms with Gasteiger partial charge in [0.05, 0.1) is 47.9 Å². The Morgan fingerprint density at radius 1 is 0.309 bits per heavy atom. The van der Waals surface area contributed by atoms with Crippen molar-refractivity contribution in [1.29, 1.82) is 0 Å². The van der Waals surface area contributed by atoms with Crippen molar-refractivity contribution in [3.05, 3.63) is 59.7 Å². The number of carbonyl (C=O) groups excluding carboxylic acids is 13. The number of nitrogens with one attached hydrogen (secondary N) is 8. The Morgan fingerprint density at radius 3 is 0.978 bits per heavy atom. The van der Waals surface area contributed by atoms with Gasteiger partial charge in [0.2, 0.25) is 47.3 Å². The molecule has 0 bridgehead atoms. The molecule has 10 atom stereocenters. The van der Waals surface area contributed by atoms with Gasteiger partial charge in [0.15, 0.2) is 5.78 Å². The van der Waals surface area contributed by atoms with E-state index in [0.717, 1.165) is 70.6 Å². The lowest BCUT2D eigenvalue weighted by Gasteiger charge is -2.23. The smallest absolute Gasteiger partial charge is 0.335 e. The summed E-state index contributed by atoms with van der Waals surface area (Å²) >= 11 is 0. The van der Waals surface area contributed by atoms with Crippen LogP contribution < -0.4 is 69.2 Å². The minimum atomic E-state index is -1.62. The summed E-state index contributed by atoms with van der Waals surface area (Å²) in [4.78, 5) is 262. The number of hydrogen-bond donors (Lipinski definition) is 19. The van der Waals surface area contributed by atoms with Gasteiger partial charge >= 0.3 is 47.8 Å². The highest BCUT2D eigenvalue weighted by molar-refractivity contribution is 5.95. The molecule has 784 valence electrons. The first-order valence-corrected chi connectivity index (χ1v) is 48.3. The highest BCUT2D eigenvalue weighted by Gasteiger charge is 2.34. The van der Waals surface area contributed by atoms with Gasteiger partial charge in [0.1, 0.15) is 64.8 Å². The highest BCUT2D eigenvalue weighted by atomic mass is 16.5. The third-order valence-corrected chi connectivity index (χ3v) is 23.5. The number of hydrogen-bond acceptors (Lipinski definition) is 26. The number of aliphatic carboxylic acids is 6. The normalized spacial score (nSPS) is 13.4. The minimum Gasteiger partial charge on any atom is -0.494 e. The maximum atomic E-state index is 13.9. The SMILES string of the molecule is CC(=O)[C@H](CCCCNC(=O)[C@@H](N)CCCCCC(=O)CC[C@H](NC(=O)CC[C@H](NC(=O)CC[C@H](NC(=O)CCCCCCCCCOc1ccc(C(=O)O)cc1)C(=O)O)C(=O)O)C(=O)O)CC(=O)[C@H](CCCCNC(=O)[C@@H](N)CCCCNC(=O)CC[C@H](CC(=O)CC[C@H](NC(=O)CC[C@H](NC(=O)CCCCCCCCCOc1ccc(C(=O)O)cc1)C(=O)O)C(=O)O)C(=O)O)CC(=O)C(C)(C)N.[HH].[HH].[HH]. The molecule has 0 spiro atoms. The molecule has 0 heterocycles. The number of ketones is 5. The van der Waals surface area contributed by atoms with E-state index >= 15 is 0 Å². The molecule has 0 radical (unpaired) electrons. The van der Waals surface area contributed by atoms with Crippen molar-refractivity contribution in [1.82, 2.24) is 42.5 Å². The van der Waals surface area contributed by atoms with E-state index in [4.69, 9.17) is 36.9 Å². The summed E-state index contributed by atoms with van der Waals surface area (Å²) in [7, 11) is 0. The van der Waals surface area contributed by atoms with Crippen molar-refractivity contribution in [2.45, 2.75) is 358 Å². The minimum absolute atomic E-state index is 0. The van der Waals surface area contributed by atoms with Gasteiger partial charge in [-0.3, -0.25) is 67.1 Å². The van der Waals surface area contributed by atoms with Crippen LogP contribution in [-0.2, 0) is 91.1 Å². The Hall–Kier alpha value is -12.2. The van der Waals surface area contributed by atoms with E-state index in [1.165, 1.54) is 45.0 Å². The number of carbonyl (C=O) groups is 21. The number of carboxylic acids is 8. The number of amides is 8. The average Bonchev–Trinajstić information content (AvgIpc) is 0.853. The van der Waals surface area contributed by atoms with Gasteiger partial charge in [-0.1, -0.05) is 89.9 Å². The van der Waals surface area contributed by atoms with E-state index in [1.807, 2.05) is 0 Å².